The van der Waals surface area contributed by atoms with Crippen LogP contribution in [-0.2, 0) is 0 Å². The van der Waals surface area contributed by atoms with Gasteiger partial charge in [-0.1, -0.05) is 41.9 Å². The number of halogens is 1. The second kappa shape index (κ2) is 6.32. The fourth-order valence-electron chi connectivity index (χ4n) is 1.63. The molecule has 0 aliphatic heterocycles. The summed E-state index contributed by atoms with van der Waals surface area (Å²) in [6, 6.07) is 14.4. The van der Waals surface area contributed by atoms with Gasteiger partial charge in [0.05, 0.1) is 0 Å². The van der Waals surface area contributed by atoms with Crippen molar-refractivity contribution in [2.45, 2.75) is 6.23 Å². The Morgan fingerprint density at radius 3 is 2.15 bits per heavy atom. The Balaban J connectivity index is 2.04. The first-order valence-electron chi connectivity index (χ1n) is 5.91. The number of hydrogen-bond donors (Lipinski definition) is 2. The van der Waals surface area contributed by atoms with E-state index >= 15 is 0 Å². The maximum absolute atomic E-state index is 11.9. The predicted molar refractivity (Wildman–Crippen MR) is 75.7 cm³/mol. The van der Waals surface area contributed by atoms with Crippen molar-refractivity contribution < 1.29 is 14.7 Å². The standard InChI is InChI=1S/C15H12ClNO3/c16-12-8-6-11(7-9-12)14(19)17-15(20)13(18)10-4-2-1-3-5-10/h1-9,15,20H,(H,17,19). The minimum absolute atomic E-state index is 0.314. The van der Waals surface area contributed by atoms with E-state index < -0.39 is 17.9 Å². The van der Waals surface area contributed by atoms with Gasteiger partial charge >= 0.3 is 0 Å². The number of hydrogen-bond acceptors (Lipinski definition) is 3. The van der Waals surface area contributed by atoms with Gasteiger partial charge in [-0.25, -0.2) is 0 Å². The van der Waals surface area contributed by atoms with Gasteiger partial charge in [-0.2, -0.15) is 0 Å². The summed E-state index contributed by atoms with van der Waals surface area (Å²) in [6.45, 7) is 0. The first-order valence-corrected chi connectivity index (χ1v) is 6.29. The number of ketones is 1. The van der Waals surface area contributed by atoms with Crippen LogP contribution in [0.5, 0.6) is 0 Å². The third kappa shape index (κ3) is 3.44. The van der Waals surface area contributed by atoms with Gasteiger partial charge in [0, 0.05) is 16.1 Å². The fourth-order valence-corrected chi connectivity index (χ4v) is 1.76. The van der Waals surface area contributed by atoms with Crippen LogP contribution in [0.2, 0.25) is 5.02 Å². The fraction of sp³-hybridized carbons (Fsp3) is 0.0667. The third-order valence-electron chi connectivity index (χ3n) is 2.68. The minimum atomic E-state index is -1.58. The molecule has 2 aromatic rings. The van der Waals surface area contributed by atoms with E-state index in [2.05, 4.69) is 5.32 Å². The summed E-state index contributed by atoms with van der Waals surface area (Å²) in [6.07, 6.45) is -1.58. The van der Waals surface area contributed by atoms with Crippen LogP contribution in [0.3, 0.4) is 0 Å². The highest BCUT2D eigenvalue weighted by Gasteiger charge is 2.19. The van der Waals surface area contributed by atoms with Crippen LogP contribution in [0.4, 0.5) is 0 Å². The SMILES string of the molecule is O=C(NC(O)C(=O)c1ccccc1)c1ccc(Cl)cc1. The van der Waals surface area contributed by atoms with E-state index in [1.807, 2.05) is 0 Å². The van der Waals surface area contributed by atoms with Gasteiger partial charge in [0.1, 0.15) is 0 Å². The average Bonchev–Trinajstić information content (AvgIpc) is 2.48. The van der Waals surface area contributed by atoms with Crippen molar-refractivity contribution in [1.29, 1.82) is 0 Å². The van der Waals surface area contributed by atoms with Crippen LogP contribution < -0.4 is 5.32 Å². The first-order chi connectivity index (χ1) is 9.58. The highest BCUT2D eigenvalue weighted by molar-refractivity contribution is 6.30. The number of carbonyl (C=O) groups is 2. The summed E-state index contributed by atoms with van der Waals surface area (Å²) in [5.41, 5.74) is 0.644. The van der Waals surface area contributed by atoms with Gasteiger partial charge in [0.15, 0.2) is 6.23 Å². The molecule has 20 heavy (non-hydrogen) atoms. The topological polar surface area (TPSA) is 66.4 Å². The second-order valence-corrected chi connectivity index (χ2v) is 4.55. The lowest BCUT2D eigenvalue weighted by Crippen LogP contribution is -2.40. The first kappa shape index (κ1) is 14.2. The number of aliphatic hydroxyl groups is 1. The zero-order valence-electron chi connectivity index (χ0n) is 10.4. The quantitative estimate of drug-likeness (QED) is 0.670. The molecule has 1 amide bonds. The van der Waals surface area contributed by atoms with Gasteiger partial charge < -0.3 is 10.4 Å². The van der Waals surface area contributed by atoms with Crippen molar-refractivity contribution in [3.8, 4) is 0 Å². The average molecular weight is 290 g/mol. The van der Waals surface area contributed by atoms with E-state index in [1.54, 1.807) is 42.5 Å². The summed E-state index contributed by atoms with van der Waals surface area (Å²) in [7, 11) is 0. The number of benzene rings is 2. The summed E-state index contributed by atoms with van der Waals surface area (Å²) in [4.78, 5) is 23.7. The van der Waals surface area contributed by atoms with Crippen molar-refractivity contribution >= 4 is 23.3 Å². The van der Waals surface area contributed by atoms with Crippen LogP contribution in [0, 0.1) is 0 Å². The van der Waals surface area contributed by atoms with E-state index in [4.69, 9.17) is 11.6 Å². The molecule has 0 radical (unpaired) electrons. The molecule has 0 spiro atoms. The van der Waals surface area contributed by atoms with Crippen LogP contribution in [0.15, 0.2) is 54.6 Å². The molecule has 0 fully saturated rings. The lowest BCUT2D eigenvalue weighted by atomic mass is 10.1. The van der Waals surface area contributed by atoms with Crippen molar-refractivity contribution in [3.05, 3.63) is 70.7 Å². The Labute approximate surface area is 121 Å². The number of aliphatic hydroxyl groups excluding tert-OH is 1. The molecule has 0 aliphatic carbocycles. The smallest absolute Gasteiger partial charge is 0.253 e. The number of carbonyl (C=O) groups excluding carboxylic acids is 2. The highest BCUT2D eigenvalue weighted by Crippen LogP contribution is 2.10. The zero-order valence-corrected chi connectivity index (χ0v) is 11.2. The Bertz CT molecular complexity index is 611. The molecule has 0 aromatic heterocycles. The van der Waals surface area contributed by atoms with E-state index in [-0.39, 0.29) is 0 Å². The zero-order chi connectivity index (χ0) is 14.5. The molecule has 5 heteroatoms. The number of nitrogens with one attached hydrogen (secondary N) is 1. The van der Waals surface area contributed by atoms with Crippen molar-refractivity contribution in [2.24, 2.45) is 0 Å². The van der Waals surface area contributed by atoms with Gasteiger partial charge in [0.25, 0.3) is 5.91 Å². The molecule has 0 heterocycles. The van der Waals surface area contributed by atoms with Crippen molar-refractivity contribution in [3.63, 3.8) is 0 Å². The molecule has 2 rings (SSSR count). The van der Waals surface area contributed by atoms with Crippen LogP contribution in [0.25, 0.3) is 0 Å². The lowest BCUT2D eigenvalue weighted by molar-refractivity contribution is 0.0607. The lowest BCUT2D eigenvalue weighted by Gasteiger charge is -2.12. The molecule has 0 saturated heterocycles. The summed E-state index contributed by atoms with van der Waals surface area (Å²) in [5.74, 6) is -1.11. The normalized spacial score (nSPS) is 11.7. The van der Waals surface area contributed by atoms with Crippen LogP contribution in [0.1, 0.15) is 20.7 Å². The molecular weight excluding hydrogens is 278 g/mol. The molecule has 4 nitrogen and oxygen atoms in total. The Hall–Kier alpha value is -2.17. The Kier molecular flexibility index (Phi) is 4.50. The van der Waals surface area contributed by atoms with E-state index in [9.17, 15) is 14.7 Å². The molecule has 2 aromatic carbocycles. The van der Waals surface area contributed by atoms with Crippen LogP contribution in [-0.4, -0.2) is 23.0 Å². The molecule has 0 aliphatic rings. The molecule has 0 bridgehead atoms. The molecular formula is C15H12ClNO3. The molecule has 1 atom stereocenters. The number of rotatable bonds is 4. The minimum Gasteiger partial charge on any atom is -0.367 e. The number of Topliss-reactive ketones (excluding diaryl/α,β-unsaturated/α-hetero) is 1. The monoisotopic (exact) mass is 289 g/mol. The second-order valence-electron chi connectivity index (χ2n) is 4.11. The largest absolute Gasteiger partial charge is 0.367 e. The van der Waals surface area contributed by atoms with E-state index in [1.165, 1.54) is 12.1 Å². The third-order valence-corrected chi connectivity index (χ3v) is 2.93. The maximum atomic E-state index is 11.9. The van der Waals surface area contributed by atoms with Crippen molar-refractivity contribution in [1.82, 2.24) is 5.32 Å². The van der Waals surface area contributed by atoms with Gasteiger partial charge in [-0.3, -0.25) is 9.59 Å². The molecule has 1 unspecified atom stereocenters. The van der Waals surface area contributed by atoms with Gasteiger partial charge in [0.2, 0.25) is 5.78 Å². The number of amides is 1. The summed E-state index contributed by atoms with van der Waals surface area (Å²) >= 11 is 5.72. The Morgan fingerprint density at radius 1 is 0.950 bits per heavy atom. The van der Waals surface area contributed by atoms with E-state index in [0.29, 0.717) is 16.1 Å². The molecule has 2 N–H and O–H groups in total. The summed E-state index contributed by atoms with van der Waals surface area (Å²) in [5, 5.41) is 12.5. The van der Waals surface area contributed by atoms with E-state index in [0.717, 1.165) is 0 Å². The summed E-state index contributed by atoms with van der Waals surface area (Å²) < 4.78 is 0. The predicted octanol–water partition coefficient (Wildman–Crippen LogP) is 2.27. The van der Waals surface area contributed by atoms with Crippen molar-refractivity contribution in [2.75, 3.05) is 0 Å². The Morgan fingerprint density at radius 2 is 1.55 bits per heavy atom. The molecule has 102 valence electrons. The molecule has 0 saturated carbocycles. The maximum Gasteiger partial charge on any atom is 0.253 e. The van der Waals surface area contributed by atoms with Crippen LogP contribution >= 0.6 is 11.6 Å². The van der Waals surface area contributed by atoms with Gasteiger partial charge in [-0.05, 0) is 24.3 Å². The van der Waals surface area contributed by atoms with Gasteiger partial charge in [-0.15, -0.1) is 0 Å². The highest BCUT2D eigenvalue weighted by atomic mass is 35.5.